The molecule has 3 aromatic rings. The monoisotopic (exact) mass is 412 g/mol. The first kappa shape index (κ1) is 20.4. The first-order chi connectivity index (χ1) is 15.0. The van der Waals surface area contributed by atoms with E-state index in [1.807, 2.05) is 93.6 Å². The van der Waals surface area contributed by atoms with E-state index in [2.05, 4.69) is 5.32 Å². The number of carbonyl (C=O) groups is 2. The Bertz CT molecular complexity index is 1140. The van der Waals surface area contributed by atoms with Crippen LogP contribution < -0.4 is 15.0 Å². The van der Waals surface area contributed by atoms with Crippen molar-refractivity contribution >= 4 is 28.8 Å². The maximum atomic E-state index is 13.5. The molecule has 0 saturated carbocycles. The number of imide groups is 1. The van der Waals surface area contributed by atoms with Gasteiger partial charge in [0.1, 0.15) is 11.4 Å². The average Bonchev–Trinajstić information content (AvgIpc) is 2.98. The molecule has 1 aliphatic rings. The minimum atomic E-state index is -0.372. The van der Waals surface area contributed by atoms with Crippen molar-refractivity contribution in [2.75, 3.05) is 16.8 Å². The van der Waals surface area contributed by atoms with Crippen LogP contribution in [0.5, 0.6) is 5.75 Å². The van der Waals surface area contributed by atoms with Crippen LogP contribution in [-0.4, -0.2) is 18.4 Å². The molecule has 0 saturated heterocycles. The van der Waals surface area contributed by atoms with Crippen LogP contribution in [0.25, 0.3) is 5.57 Å². The average molecular weight is 412 g/mol. The van der Waals surface area contributed by atoms with Gasteiger partial charge in [0.05, 0.1) is 17.9 Å². The van der Waals surface area contributed by atoms with Gasteiger partial charge < -0.3 is 10.1 Å². The molecule has 0 aliphatic carbocycles. The summed E-state index contributed by atoms with van der Waals surface area (Å²) in [5.74, 6) is -0.00677. The number of hydrogen-bond acceptors (Lipinski definition) is 4. The third-order valence-corrected chi connectivity index (χ3v) is 5.05. The Hall–Kier alpha value is -3.86. The summed E-state index contributed by atoms with van der Waals surface area (Å²) in [5.41, 5.74) is 4.55. The first-order valence-corrected chi connectivity index (χ1v) is 10.2. The standard InChI is InChI=1S/C26H24N2O3/c1-4-31-22-12-10-19(11-13-22)23-24(27-20-8-6-5-7-9-20)26(30)28(25(23)29)21-15-17(2)14-18(3)16-21/h5-16,27H,4H2,1-3H3. The molecule has 0 fully saturated rings. The van der Waals surface area contributed by atoms with Crippen LogP contribution in [0.3, 0.4) is 0 Å². The second-order valence-electron chi connectivity index (χ2n) is 7.49. The Kier molecular flexibility index (Phi) is 5.58. The summed E-state index contributed by atoms with van der Waals surface area (Å²) in [5, 5.41) is 3.17. The van der Waals surface area contributed by atoms with Crippen LogP contribution in [0.2, 0.25) is 0 Å². The molecular weight excluding hydrogens is 388 g/mol. The predicted molar refractivity (Wildman–Crippen MR) is 123 cm³/mol. The minimum absolute atomic E-state index is 0.263. The second-order valence-corrected chi connectivity index (χ2v) is 7.49. The molecule has 0 atom stereocenters. The zero-order valence-electron chi connectivity index (χ0n) is 17.8. The highest BCUT2D eigenvalue weighted by atomic mass is 16.5. The summed E-state index contributed by atoms with van der Waals surface area (Å²) in [6.45, 7) is 6.37. The largest absolute Gasteiger partial charge is 0.494 e. The predicted octanol–water partition coefficient (Wildman–Crippen LogP) is 5.10. The number of nitrogens with zero attached hydrogens (tertiary/aromatic N) is 1. The Morgan fingerprint density at radius 2 is 1.48 bits per heavy atom. The maximum Gasteiger partial charge on any atom is 0.282 e. The zero-order valence-corrected chi connectivity index (χ0v) is 17.8. The molecular formula is C26H24N2O3. The molecule has 0 bridgehead atoms. The lowest BCUT2D eigenvalue weighted by Gasteiger charge is -2.17. The summed E-state index contributed by atoms with van der Waals surface area (Å²) in [7, 11) is 0. The lowest BCUT2D eigenvalue weighted by atomic mass is 10.0. The molecule has 5 heteroatoms. The highest BCUT2D eigenvalue weighted by Crippen LogP contribution is 2.35. The van der Waals surface area contributed by atoms with Gasteiger partial charge in [-0.25, -0.2) is 4.90 Å². The molecule has 1 aliphatic heterocycles. The van der Waals surface area contributed by atoms with Crippen LogP contribution >= 0.6 is 0 Å². The molecule has 2 amide bonds. The van der Waals surface area contributed by atoms with Crippen LogP contribution in [0.15, 0.2) is 78.5 Å². The summed E-state index contributed by atoms with van der Waals surface area (Å²) in [6, 6.07) is 22.3. The van der Waals surface area contributed by atoms with Crippen molar-refractivity contribution in [3.05, 3.63) is 95.2 Å². The van der Waals surface area contributed by atoms with Crippen molar-refractivity contribution in [1.29, 1.82) is 0 Å². The van der Waals surface area contributed by atoms with Crippen molar-refractivity contribution in [2.24, 2.45) is 0 Å². The molecule has 0 radical (unpaired) electrons. The van der Waals surface area contributed by atoms with E-state index in [0.717, 1.165) is 16.8 Å². The van der Waals surface area contributed by atoms with E-state index in [1.54, 1.807) is 0 Å². The Morgan fingerprint density at radius 1 is 0.839 bits per heavy atom. The van der Waals surface area contributed by atoms with E-state index in [-0.39, 0.29) is 17.5 Å². The van der Waals surface area contributed by atoms with Gasteiger partial charge in [-0.15, -0.1) is 0 Å². The van der Waals surface area contributed by atoms with E-state index in [9.17, 15) is 9.59 Å². The van der Waals surface area contributed by atoms with E-state index >= 15 is 0 Å². The minimum Gasteiger partial charge on any atom is -0.494 e. The molecule has 5 nitrogen and oxygen atoms in total. The van der Waals surface area contributed by atoms with Crippen molar-refractivity contribution < 1.29 is 14.3 Å². The smallest absolute Gasteiger partial charge is 0.282 e. The quantitative estimate of drug-likeness (QED) is 0.573. The number of para-hydroxylation sites is 1. The maximum absolute atomic E-state index is 13.5. The number of nitrogens with one attached hydrogen (secondary N) is 1. The molecule has 0 unspecified atom stereocenters. The Balaban J connectivity index is 1.80. The van der Waals surface area contributed by atoms with E-state index in [0.29, 0.717) is 29.2 Å². The molecule has 3 aromatic carbocycles. The van der Waals surface area contributed by atoms with Gasteiger partial charge in [0, 0.05) is 5.69 Å². The van der Waals surface area contributed by atoms with Crippen molar-refractivity contribution in [2.45, 2.75) is 20.8 Å². The number of carbonyl (C=O) groups excluding carboxylic acids is 2. The molecule has 1 heterocycles. The highest BCUT2D eigenvalue weighted by Gasteiger charge is 2.40. The van der Waals surface area contributed by atoms with Crippen LogP contribution in [0.1, 0.15) is 23.6 Å². The van der Waals surface area contributed by atoms with Gasteiger partial charge in [-0.05, 0) is 73.9 Å². The van der Waals surface area contributed by atoms with Gasteiger partial charge in [0.25, 0.3) is 11.8 Å². The summed E-state index contributed by atoms with van der Waals surface area (Å²) in [6.07, 6.45) is 0. The molecule has 1 N–H and O–H groups in total. The van der Waals surface area contributed by atoms with E-state index in [4.69, 9.17) is 4.74 Å². The fourth-order valence-electron chi connectivity index (χ4n) is 3.78. The SMILES string of the molecule is CCOc1ccc(C2=C(Nc3ccccc3)C(=O)N(c3cc(C)cc(C)c3)C2=O)cc1. The molecule has 0 spiro atoms. The van der Waals surface area contributed by atoms with Gasteiger partial charge in [-0.3, -0.25) is 9.59 Å². The normalized spacial score (nSPS) is 13.7. The third kappa shape index (κ3) is 4.08. The lowest BCUT2D eigenvalue weighted by molar-refractivity contribution is -0.120. The van der Waals surface area contributed by atoms with Crippen molar-refractivity contribution in [3.63, 3.8) is 0 Å². The van der Waals surface area contributed by atoms with E-state index in [1.165, 1.54) is 4.90 Å². The lowest BCUT2D eigenvalue weighted by Crippen LogP contribution is -2.32. The molecule has 156 valence electrons. The summed E-state index contributed by atoms with van der Waals surface area (Å²) >= 11 is 0. The highest BCUT2D eigenvalue weighted by molar-refractivity contribution is 6.46. The number of benzene rings is 3. The number of amides is 2. The van der Waals surface area contributed by atoms with E-state index < -0.39 is 0 Å². The van der Waals surface area contributed by atoms with Gasteiger partial charge >= 0.3 is 0 Å². The molecule has 4 rings (SSSR count). The number of aryl methyl sites for hydroxylation is 2. The summed E-state index contributed by atoms with van der Waals surface area (Å²) < 4.78 is 5.52. The second kappa shape index (κ2) is 8.48. The fraction of sp³-hybridized carbons (Fsp3) is 0.154. The van der Waals surface area contributed by atoms with Gasteiger partial charge in [0.15, 0.2) is 0 Å². The number of hydrogen-bond donors (Lipinski definition) is 1. The Morgan fingerprint density at radius 3 is 2.10 bits per heavy atom. The fourth-order valence-corrected chi connectivity index (χ4v) is 3.78. The van der Waals surface area contributed by atoms with Gasteiger partial charge in [-0.1, -0.05) is 36.4 Å². The molecule has 31 heavy (non-hydrogen) atoms. The first-order valence-electron chi connectivity index (χ1n) is 10.2. The zero-order chi connectivity index (χ0) is 22.0. The van der Waals surface area contributed by atoms with Crippen molar-refractivity contribution in [1.82, 2.24) is 0 Å². The number of anilines is 2. The van der Waals surface area contributed by atoms with Crippen LogP contribution in [-0.2, 0) is 9.59 Å². The van der Waals surface area contributed by atoms with Crippen LogP contribution in [0.4, 0.5) is 11.4 Å². The number of rotatable bonds is 6. The summed E-state index contributed by atoms with van der Waals surface area (Å²) in [4.78, 5) is 28.2. The molecule has 0 aromatic heterocycles. The topological polar surface area (TPSA) is 58.6 Å². The van der Waals surface area contributed by atoms with Gasteiger partial charge in [0.2, 0.25) is 0 Å². The van der Waals surface area contributed by atoms with Crippen molar-refractivity contribution in [3.8, 4) is 5.75 Å². The Labute approximate surface area is 182 Å². The van der Waals surface area contributed by atoms with Gasteiger partial charge in [-0.2, -0.15) is 0 Å². The third-order valence-electron chi connectivity index (χ3n) is 5.05. The van der Waals surface area contributed by atoms with Crippen LogP contribution in [0, 0.1) is 13.8 Å². The number of ether oxygens (including phenoxy) is 1.